The summed E-state index contributed by atoms with van der Waals surface area (Å²) >= 11 is 0. The molecule has 0 aromatic heterocycles. The van der Waals surface area contributed by atoms with E-state index in [9.17, 15) is 13.2 Å². The van der Waals surface area contributed by atoms with Gasteiger partial charge in [-0.05, 0) is 19.3 Å². The lowest BCUT2D eigenvalue weighted by Gasteiger charge is -2.23. The van der Waals surface area contributed by atoms with Crippen LogP contribution < -0.4 is 10.6 Å². The van der Waals surface area contributed by atoms with Crippen molar-refractivity contribution in [1.29, 1.82) is 0 Å². The van der Waals surface area contributed by atoms with E-state index >= 15 is 0 Å². The Hall–Kier alpha value is -0.660. The third kappa shape index (κ3) is 6.32. The summed E-state index contributed by atoms with van der Waals surface area (Å²) in [4.78, 5) is 11.6. The first kappa shape index (κ1) is 15.4. The normalized spacial score (nSPS) is 22.6. The van der Waals surface area contributed by atoms with Gasteiger partial charge in [-0.25, -0.2) is 8.42 Å². The lowest BCUT2D eigenvalue weighted by Crippen LogP contribution is -2.47. The van der Waals surface area contributed by atoms with Crippen LogP contribution in [-0.2, 0) is 14.6 Å². The van der Waals surface area contributed by atoms with E-state index in [1.165, 1.54) is 0 Å². The van der Waals surface area contributed by atoms with Crippen molar-refractivity contribution in [2.75, 3.05) is 31.2 Å². The number of amides is 1. The maximum absolute atomic E-state index is 11.6. The van der Waals surface area contributed by atoms with Crippen molar-refractivity contribution in [2.24, 2.45) is 0 Å². The average Bonchev–Trinajstić information content (AvgIpc) is 2.27. The molecule has 1 aliphatic rings. The summed E-state index contributed by atoms with van der Waals surface area (Å²) in [5.41, 5.74) is 0. The van der Waals surface area contributed by atoms with Gasteiger partial charge in [0.05, 0.1) is 11.5 Å². The summed E-state index contributed by atoms with van der Waals surface area (Å²) in [6.45, 7) is 1.19. The molecule has 0 saturated carbocycles. The second-order valence-corrected chi connectivity index (χ2v) is 6.83. The molecule has 0 radical (unpaired) electrons. The summed E-state index contributed by atoms with van der Waals surface area (Å²) in [6, 6.07) is -0.263. The number of hydrogen-bond acceptors (Lipinski definition) is 5. The maximum atomic E-state index is 11.6. The molecule has 106 valence electrons. The Morgan fingerprint density at radius 3 is 2.78 bits per heavy atom. The number of unbranched alkanes of at least 4 members (excludes halogenated alkanes) is 2. The van der Waals surface area contributed by atoms with Crippen LogP contribution in [0.5, 0.6) is 0 Å². The molecule has 18 heavy (non-hydrogen) atoms. The highest BCUT2D eigenvalue weighted by Gasteiger charge is 2.25. The van der Waals surface area contributed by atoms with Gasteiger partial charge in [0.1, 0.15) is 0 Å². The molecule has 1 aliphatic heterocycles. The Kier molecular flexibility index (Phi) is 6.59. The summed E-state index contributed by atoms with van der Waals surface area (Å²) in [6.07, 6.45) is 2.67. The first-order valence-corrected chi connectivity index (χ1v) is 8.17. The van der Waals surface area contributed by atoms with Crippen LogP contribution >= 0.6 is 0 Å². The number of sulfone groups is 1. The number of carbonyl (C=O) groups excluding carboxylic acids is 1. The molecule has 1 unspecified atom stereocenters. The fourth-order valence-corrected chi connectivity index (χ4v) is 3.38. The van der Waals surface area contributed by atoms with Crippen LogP contribution in [0.2, 0.25) is 0 Å². The van der Waals surface area contributed by atoms with E-state index in [0.29, 0.717) is 13.1 Å². The van der Waals surface area contributed by atoms with Gasteiger partial charge in [-0.1, -0.05) is 0 Å². The Morgan fingerprint density at radius 2 is 2.11 bits per heavy atom. The first-order valence-electron chi connectivity index (χ1n) is 6.35. The summed E-state index contributed by atoms with van der Waals surface area (Å²) in [5, 5.41) is 14.4. The zero-order valence-electron chi connectivity index (χ0n) is 10.5. The second kappa shape index (κ2) is 7.70. The molecule has 1 heterocycles. The highest BCUT2D eigenvalue weighted by Crippen LogP contribution is 2.04. The lowest BCUT2D eigenvalue weighted by molar-refractivity contribution is -0.121. The molecule has 0 aromatic rings. The van der Waals surface area contributed by atoms with E-state index in [2.05, 4.69) is 10.6 Å². The summed E-state index contributed by atoms with van der Waals surface area (Å²) in [7, 11) is -2.98. The molecular weight excluding hydrogens is 256 g/mol. The van der Waals surface area contributed by atoms with E-state index in [1.807, 2.05) is 0 Å². The van der Waals surface area contributed by atoms with Crippen LogP contribution in [-0.4, -0.2) is 56.7 Å². The van der Waals surface area contributed by atoms with Gasteiger partial charge in [-0.3, -0.25) is 4.79 Å². The summed E-state index contributed by atoms with van der Waals surface area (Å²) in [5.74, 6) is 0.0885. The molecule has 3 N–H and O–H groups in total. The Labute approximate surface area is 108 Å². The van der Waals surface area contributed by atoms with E-state index in [4.69, 9.17) is 5.11 Å². The number of nitrogens with one attached hydrogen (secondary N) is 2. The van der Waals surface area contributed by atoms with Gasteiger partial charge < -0.3 is 15.7 Å². The predicted molar refractivity (Wildman–Crippen MR) is 69.0 cm³/mol. The number of aliphatic hydroxyl groups excluding tert-OH is 1. The fourth-order valence-electron chi connectivity index (χ4n) is 1.94. The molecular formula is C11H22N2O4S. The fraction of sp³-hybridized carbons (Fsp3) is 0.909. The van der Waals surface area contributed by atoms with Gasteiger partial charge in [-0.2, -0.15) is 0 Å². The van der Waals surface area contributed by atoms with Crippen molar-refractivity contribution in [3.05, 3.63) is 0 Å². The van der Waals surface area contributed by atoms with E-state index in [1.54, 1.807) is 0 Å². The van der Waals surface area contributed by atoms with Crippen molar-refractivity contribution in [2.45, 2.75) is 31.7 Å². The Balaban J connectivity index is 2.16. The standard InChI is InChI=1S/C11H22N2O4S/c14-6-3-1-2-4-13-11(15)8-10-9-18(16,17)7-5-12-10/h10,12,14H,1-9H2,(H,13,15). The molecule has 0 spiro atoms. The molecule has 1 saturated heterocycles. The quantitative estimate of drug-likeness (QED) is 0.521. The van der Waals surface area contributed by atoms with E-state index in [0.717, 1.165) is 19.3 Å². The molecule has 1 fully saturated rings. The Bertz CT molecular complexity index is 356. The third-order valence-electron chi connectivity index (χ3n) is 2.89. The van der Waals surface area contributed by atoms with Gasteiger partial charge in [0.2, 0.25) is 5.91 Å². The van der Waals surface area contributed by atoms with Crippen molar-refractivity contribution < 1.29 is 18.3 Å². The monoisotopic (exact) mass is 278 g/mol. The topological polar surface area (TPSA) is 95.5 Å². The third-order valence-corrected chi connectivity index (χ3v) is 4.63. The van der Waals surface area contributed by atoms with Gasteiger partial charge in [-0.15, -0.1) is 0 Å². The highest BCUT2D eigenvalue weighted by molar-refractivity contribution is 7.91. The molecule has 0 bridgehead atoms. The Morgan fingerprint density at radius 1 is 1.33 bits per heavy atom. The molecule has 1 rings (SSSR count). The van der Waals surface area contributed by atoms with Crippen LogP contribution in [0.15, 0.2) is 0 Å². The minimum Gasteiger partial charge on any atom is -0.396 e. The van der Waals surface area contributed by atoms with Gasteiger partial charge in [0.25, 0.3) is 0 Å². The van der Waals surface area contributed by atoms with Gasteiger partial charge in [0, 0.05) is 32.2 Å². The predicted octanol–water partition coefficient (Wildman–Crippen LogP) is -0.958. The molecule has 0 aliphatic carbocycles. The lowest BCUT2D eigenvalue weighted by atomic mass is 10.2. The first-order chi connectivity index (χ1) is 8.53. The number of rotatable bonds is 7. The van der Waals surface area contributed by atoms with Crippen molar-refractivity contribution >= 4 is 15.7 Å². The van der Waals surface area contributed by atoms with Crippen LogP contribution in [0.25, 0.3) is 0 Å². The highest BCUT2D eigenvalue weighted by atomic mass is 32.2. The molecule has 6 nitrogen and oxygen atoms in total. The minimum atomic E-state index is -2.98. The maximum Gasteiger partial charge on any atom is 0.221 e. The van der Waals surface area contributed by atoms with E-state index in [-0.39, 0.29) is 36.5 Å². The molecule has 1 atom stereocenters. The van der Waals surface area contributed by atoms with Crippen LogP contribution in [0.1, 0.15) is 25.7 Å². The van der Waals surface area contributed by atoms with Crippen LogP contribution in [0.4, 0.5) is 0 Å². The largest absolute Gasteiger partial charge is 0.396 e. The smallest absolute Gasteiger partial charge is 0.221 e. The van der Waals surface area contributed by atoms with Gasteiger partial charge >= 0.3 is 0 Å². The minimum absolute atomic E-state index is 0.0466. The van der Waals surface area contributed by atoms with Crippen LogP contribution in [0.3, 0.4) is 0 Å². The van der Waals surface area contributed by atoms with E-state index < -0.39 is 9.84 Å². The van der Waals surface area contributed by atoms with Crippen molar-refractivity contribution in [3.63, 3.8) is 0 Å². The second-order valence-electron chi connectivity index (χ2n) is 4.60. The number of aliphatic hydroxyl groups is 1. The van der Waals surface area contributed by atoms with Crippen molar-refractivity contribution in [3.8, 4) is 0 Å². The van der Waals surface area contributed by atoms with Crippen molar-refractivity contribution in [1.82, 2.24) is 10.6 Å². The van der Waals surface area contributed by atoms with Gasteiger partial charge in [0.15, 0.2) is 9.84 Å². The molecule has 1 amide bonds. The molecule has 7 heteroatoms. The number of hydrogen-bond donors (Lipinski definition) is 3. The summed E-state index contributed by atoms with van der Waals surface area (Å²) < 4.78 is 22.8. The zero-order valence-corrected chi connectivity index (χ0v) is 11.3. The average molecular weight is 278 g/mol. The zero-order chi connectivity index (χ0) is 13.4. The molecule has 0 aromatic carbocycles. The SMILES string of the molecule is O=C(CC1CS(=O)(=O)CCN1)NCCCCCO. The number of carbonyl (C=O) groups is 1. The van der Waals surface area contributed by atoms with Crippen LogP contribution in [0, 0.1) is 0 Å².